The Morgan fingerprint density at radius 2 is 1.77 bits per heavy atom. The maximum atomic E-state index is 12.9. The molecule has 2 heterocycles. The van der Waals surface area contributed by atoms with E-state index in [1.165, 1.54) is 36.0 Å². The fraction of sp³-hybridized carbons (Fsp3) is 0.172. The third-order valence-corrected chi connectivity index (χ3v) is 8.81. The second-order valence-corrected chi connectivity index (χ2v) is 12.2. The van der Waals surface area contributed by atoms with Crippen LogP contribution >= 0.6 is 23.4 Å². The van der Waals surface area contributed by atoms with Crippen LogP contribution in [0.25, 0.3) is 22.4 Å². The zero-order valence-corrected chi connectivity index (χ0v) is 23.6. The van der Waals surface area contributed by atoms with Crippen LogP contribution in [0.2, 0.25) is 5.02 Å². The van der Waals surface area contributed by atoms with Gasteiger partial charge in [0.05, 0.1) is 22.3 Å². The van der Waals surface area contributed by atoms with E-state index in [1.807, 2.05) is 61.5 Å². The first-order chi connectivity index (χ1) is 18.7. The van der Waals surface area contributed by atoms with E-state index in [-0.39, 0.29) is 4.90 Å². The van der Waals surface area contributed by atoms with Gasteiger partial charge in [-0.3, -0.25) is 4.79 Å². The predicted molar refractivity (Wildman–Crippen MR) is 153 cm³/mol. The number of hydrogen-bond acceptors (Lipinski definition) is 7. The molecule has 1 amide bonds. The third-order valence-electron chi connectivity index (χ3n) is 6.24. The van der Waals surface area contributed by atoms with E-state index >= 15 is 0 Å². The summed E-state index contributed by atoms with van der Waals surface area (Å²) >= 11 is 7.13. The largest absolute Gasteiger partial charge is 0.461 e. The molecule has 0 spiro atoms. The van der Waals surface area contributed by atoms with Crippen molar-refractivity contribution in [1.82, 2.24) is 9.71 Å². The molecule has 0 saturated heterocycles. The Morgan fingerprint density at radius 3 is 2.49 bits per heavy atom. The second-order valence-electron chi connectivity index (χ2n) is 9.00. The summed E-state index contributed by atoms with van der Waals surface area (Å²) < 4.78 is 39.4. The summed E-state index contributed by atoms with van der Waals surface area (Å²) in [5.41, 5.74) is 3.31. The van der Waals surface area contributed by atoms with E-state index in [9.17, 15) is 13.2 Å². The van der Waals surface area contributed by atoms with Crippen molar-refractivity contribution in [3.8, 4) is 11.5 Å². The molecule has 0 aliphatic rings. The average Bonchev–Trinajstić information content (AvgIpc) is 3.50. The van der Waals surface area contributed by atoms with E-state index in [0.29, 0.717) is 29.3 Å². The normalized spacial score (nSPS) is 12.5. The molecule has 0 aliphatic carbocycles. The van der Waals surface area contributed by atoms with Crippen LogP contribution in [0.3, 0.4) is 0 Å². The van der Waals surface area contributed by atoms with E-state index in [1.54, 1.807) is 6.26 Å². The molecule has 0 bridgehead atoms. The molecule has 200 valence electrons. The van der Waals surface area contributed by atoms with Gasteiger partial charge in [0.25, 0.3) is 10.0 Å². The molecule has 5 aromatic rings. The number of carbonyl (C=O) groups is 1. The Balaban J connectivity index is 1.29. The van der Waals surface area contributed by atoms with Crippen molar-refractivity contribution in [1.29, 1.82) is 0 Å². The van der Waals surface area contributed by atoms with Gasteiger partial charge in [0.15, 0.2) is 0 Å². The minimum absolute atomic E-state index is 0.0225. The Hall–Kier alpha value is -3.53. The number of hydrogen-bond donors (Lipinski definition) is 1. The molecule has 0 saturated carbocycles. The molecule has 0 radical (unpaired) electrons. The molecule has 3 aromatic carbocycles. The number of amides is 1. The quantitative estimate of drug-likeness (QED) is 0.215. The number of oxazole rings is 1. The van der Waals surface area contributed by atoms with Crippen LogP contribution in [0.4, 0.5) is 0 Å². The van der Waals surface area contributed by atoms with E-state index in [0.717, 1.165) is 33.7 Å². The Labute approximate surface area is 235 Å². The van der Waals surface area contributed by atoms with Crippen LogP contribution in [0.15, 0.2) is 92.6 Å². The predicted octanol–water partition coefficient (Wildman–Crippen LogP) is 6.42. The maximum absolute atomic E-state index is 12.9. The summed E-state index contributed by atoms with van der Waals surface area (Å²) in [7, 11) is -4.00. The number of benzene rings is 3. The van der Waals surface area contributed by atoms with Crippen molar-refractivity contribution in [2.75, 3.05) is 6.26 Å². The summed E-state index contributed by atoms with van der Waals surface area (Å²) in [6, 6.07) is 23.0. The smallest absolute Gasteiger partial charge is 0.264 e. The lowest BCUT2D eigenvalue weighted by molar-refractivity contribution is -0.118. The summed E-state index contributed by atoms with van der Waals surface area (Å²) in [4.78, 5) is 17.5. The number of rotatable bonds is 9. The first-order valence-corrected chi connectivity index (χ1v) is 15.2. The SMILES string of the molecule is CSC(Cc1ccc2oc(Cc3nc(-c4ccccc4)oc3C)cc2c1)C(=O)NS(=O)(=O)c1ccc(Cl)cc1. The monoisotopic (exact) mass is 580 g/mol. The van der Waals surface area contributed by atoms with Crippen LogP contribution in [0.5, 0.6) is 0 Å². The van der Waals surface area contributed by atoms with Gasteiger partial charge in [0, 0.05) is 16.0 Å². The van der Waals surface area contributed by atoms with Crippen molar-refractivity contribution in [2.45, 2.75) is 29.9 Å². The van der Waals surface area contributed by atoms with Gasteiger partial charge in [0.2, 0.25) is 11.8 Å². The van der Waals surface area contributed by atoms with Crippen LogP contribution < -0.4 is 4.72 Å². The van der Waals surface area contributed by atoms with Gasteiger partial charge in [-0.2, -0.15) is 11.8 Å². The summed E-state index contributed by atoms with van der Waals surface area (Å²) in [5.74, 6) is 1.46. The number of furan rings is 1. The minimum Gasteiger partial charge on any atom is -0.461 e. The molecule has 7 nitrogen and oxygen atoms in total. The van der Waals surface area contributed by atoms with E-state index in [2.05, 4.69) is 9.71 Å². The van der Waals surface area contributed by atoms with Crippen LogP contribution in [0, 0.1) is 6.92 Å². The van der Waals surface area contributed by atoms with Gasteiger partial charge in [-0.1, -0.05) is 35.9 Å². The molecular weight excluding hydrogens is 556 g/mol. The number of fused-ring (bicyclic) bond motifs is 1. The fourth-order valence-electron chi connectivity index (χ4n) is 4.19. The highest BCUT2D eigenvalue weighted by molar-refractivity contribution is 8.00. The first kappa shape index (κ1) is 27.1. The molecule has 10 heteroatoms. The molecule has 5 rings (SSSR count). The topological polar surface area (TPSA) is 102 Å². The zero-order chi connectivity index (χ0) is 27.6. The maximum Gasteiger partial charge on any atom is 0.264 e. The van der Waals surface area contributed by atoms with Crippen LogP contribution in [0.1, 0.15) is 22.8 Å². The molecule has 1 N–H and O–H groups in total. The zero-order valence-electron chi connectivity index (χ0n) is 21.2. The van der Waals surface area contributed by atoms with Gasteiger partial charge in [0.1, 0.15) is 17.1 Å². The number of carbonyl (C=O) groups excluding carboxylic acids is 1. The van der Waals surface area contributed by atoms with E-state index in [4.69, 9.17) is 20.4 Å². The van der Waals surface area contributed by atoms with Crippen molar-refractivity contribution >= 4 is 50.3 Å². The number of nitrogens with zero attached hydrogens (tertiary/aromatic N) is 1. The Bertz CT molecular complexity index is 1730. The van der Waals surface area contributed by atoms with Gasteiger partial charge in [-0.25, -0.2) is 18.1 Å². The molecule has 2 aromatic heterocycles. The van der Waals surface area contributed by atoms with Crippen molar-refractivity contribution in [3.05, 3.63) is 107 Å². The number of aryl methyl sites for hydroxylation is 1. The van der Waals surface area contributed by atoms with Crippen molar-refractivity contribution < 1.29 is 22.0 Å². The molecular formula is C29H25ClN2O5S2. The highest BCUT2D eigenvalue weighted by Crippen LogP contribution is 2.27. The lowest BCUT2D eigenvalue weighted by Gasteiger charge is -2.15. The lowest BCUT2D eigenvalue weighted by atomic mass is 10.1. The summed E-state index contributed by atoms with van der Waals surface area (Å²) in [5, 5.41) is 0.694. The van der Waals surface area contributed by atoms with Crippen molar-refractivity contribution in [2.24, 2.45) is 0 Å². The van der Waals surface area contributed by atoms with Crippen molar-refractivity contribution in [3.63, 3.8) is 0 Å². The standard InChI is InChI=1S/C29H25ClN2O5S2/c1-18-25(31-29(36-18)20-6-4-3-5-7-20)17-23-16-21-14-19(8-13-26(21)37-23)15-27(38-2)28(33)32-39(34,35)24-11-9-22(30)10-12-24/h3-14,16,27H,15,17H2,1-2H3,(H,32,33). The molecule has 0 aliphatic heterocycles. The molecule has 39 heavy (non-hydrogen) atoms. The number of aromatic nitrogens is 1. The highest BCUT2D eigenvalue weighted by Gasteiger charge is 2.25. The van der Waals surface area contributed by atoms with E-state index < -0.39 is 21.2 Å². The number of halogens is 1. The third kappa shape index (κ3) is 6.21. The lowest BCUT2D eigenvalue weighted by Crippen LogP contribution is -2.38. The van der Waals surface area contributed by atoms with Gasteiger partial charge in [-0.05, 0) is 79.8 Å². The molecule has 1 unspecified atom stereocenters. The van der Waals surface area contributed by atoms with Crippen LogP contribution in [-0.4, -0.2) is 30.8 Å². The minimum atomic E-state index is -4.00. The summed E-state index contributed by atoms with van der Waals surface area (Å²) in [6.45, 7) is 1.89. The number of thioether (sulfide) groups is 1. The second kappa shape index (κ2) is 11.3. The van der Waals surface area contributed by atoms with Gasteiger partial charge >= 0.3 is 0 Å². The molecule has 0 fully saturated rings. The number of nitrogens with one attached hydrogen (secondary N) is 1. The van der Waals surface area contributed by atoms with Gasteiger partial charge < -0.3 is 8.83 Å². The fourth-order valence-corrected chi connectivity index (χ4v) is 6.04. The Morgan fingerprint density at radius 1 is 1.03 bits per heavy atom. The average molecular weight is 581 g/mol. The molecule has 1 atom stereocenters. The first-order valence-electron chi connectivity index (χ1n) is 12.1. The summed E-state index contributed by atoms with van der Waals surface area (Å²) in [6.07, 6.45) is 2.60. The van der Waals surface area contributed by atoms with Crippen LogP contribution in [-0.2, 0) is 27.7 Å². The highest BCUT2D eigenvalue weighted by atomic mass is 35.5. The van der Waals surface area contributed by atoms with Gasteiger partial charge in [-0.15, -0.1) is 0 Å². The number of sulfonamides is 1. The Kier molecular flexibility index (Phi) is 7.83.